The number of nitrogens with zero attached hydrogens (tertiary/aromatic N) is 2. The number of morpholine rings is 1. The molecule has 178 valence electrons. The number of ether oxygens (including phenoxy) is 1. The Morgan fingerprint density at radius 3 is 2.55 bits per heavy atom. The highest BCUT2D eigenvalue weighted by atomic mass is 32.2. The molecule has 1 unspecified atom stereocenters. The number of hydrogen-bond donors (Lipinski definition) is 1. The van der Waals surface area contributed by atoms with Crippen molar-refractivity contribution in [1.29, 1.82) is 0 Å². The lowest BCUT2D eigenvalue weighted by molar-refractivity contribution is 0.0384. The van der Waals surface area contributed by atoms with E-state index in [9.17, 15) is 13.2 Å². The number of piperidine rings is 1. The Bertz CT molecular complexity index is 1050. The first kappa shape index (κ1) is 23.9. The van der Waals surface area contributed by atoms with Gasteiger partial charge in [-0.1, -0.05) is 24.6 Å². The minimum atomic E-state index is -3.62. The molecule has 4 rings (SSSR count). The van der Waals surface area contributed by atoms with Gasteiger partial charge >= 0.3 is 0 Å². The second-order valence-electron chi connectivity index (χ2n) is 8.84. The predicted octanol–water partition coefficient (Wildman–Crippen LogP) is 3.38. The van der Waals surface area contributed by atoms with Crippen LogP contribution in [0.25, 0.3) is 0 Å². The quantitative estimate of drug-likeness (QED) is 0.670. The van der Waals surface area contributed by atoms with Gasteiger partial charge in [0.05, 0.1) is 18.1 Å². The number of sulfonamides is 1. The standard InChI is InChI=1S/C25H33N3O4S/c1-20-5-2-3-13-28(20)33(30,31)24-7-4-6-22(19-24)25(29)26-23-10-8-21(9-11-23)12-14-27-15-17-32-18-16-27/h4,6-11,19-20H,2-3,5,12-18H2,1H3,(H,26,29). The van der Waals surface area contributed by atoms with Gasteiger partial charge in [-0.15, -0.1) is 0 Å². The predicted molar refractivity (Wildman–Crippen MR) is 129 cm³/mol. The summed E-state index contributed by atoms with van der Waals surface area (Å²) >= 11 is 0. The maximum atomic E-state index is 13.1. The van der Waals surface area contributed by atoms with Crippen molar-refractivity contribution in [2.24, 2.45) is 0 Å². The van der Waals surface area contributed by atoms with Crippen molar-refractivity contribution in [1.82, 2.24) is 9.21 Å². The average molecular weight is 472 g/mol. The Labute approximate surface area is 196 Å². The Morgan fingerprint density at radius 1 is 1.06 bits per heavy atom. The summed E-state index contributed by atoms with van der Waals surface area (Å²) in [5, 5.41) is 2.88. The van der Waals surface area contributed by atoms with E-state index in [1.54, 1.807) is 22.5 Å². The highest BCUT2D eigenvalue weighted by Gasteiger charge is 2.31. The van der Waals surface area contributed by atoms with Crippen molar-refractivity contribution in [2.45, 2.75) is 43.5 Å². The van der Waals surface area contributed by atoms with Crippen LogP contribution in [0.5, 0.6) is 0 Å². The highest BCUT2D eigenvalue weighted by molar-refractivity contribution is 7.89. The van der Waals surface area contributed by atoms with Crippen molar-refractivity contribution >= 4 is 21.6 Å². The summed E-state index contributed by atoms with van der Waals surface area (Å²) < 4.78 is 33.2. The number of carbonyl (C=O) groups excluding carboxylic acids is 1. The second kappa shape index (κ2) is 10.8. The molecule has 2 aliphatic rings. The van der Waals surface area contributed by atoms with Crippen molar-refractivity contribution in [3.8, 4) is 0 Å². The molecule has 0 bridgehead atoms. The van der Waals surface area contributed by atoms with Crippen LogP contribution in [0.2, 0.25) is 0 Å². The lowest BCUT2D eigenvalue weighted by Gasteiger charge is -2.32. The molecule has 0 aliphatic carbocycles. The maximum Gasteiger partial charge on any atom is 0.255 e. The van der Waals surface area contributed by atoms with E-state index in [1.165, 1.54) is 11.6 Å². The molecular formula is C25H33N3O4S. The third-order valence-corrected chi connectivity index (χ3v) is 8.49. The largest absolute Gasteiger partial charge is 0.379 e. The summed E-state index contributed by atoms with van der Waals surface area (Å²) in [6.45, 7) is 7.00. The number of benzene rings is 2. The fraction of sp³-hybridized carbons (Fsp3) is 0.480. The number of hydrogen-bond acceptors (Lipinski definition) is 5. The second-order valence-corrected chi connectivity index (χ2v) is 10.7. The van der Waals surface area contributed by atoms with Gasteiger partial charge in [-0.25, -0.2) is 8.42 Å². The zero-order chi connectivity index (χ0) is 23.3. The van der Waals surface area contributed by atoms with Crippen LogP contribution in [0, 0.1) is 0 Å². The van der Waals surface area contributed by atoms with E-state index in [0.717, 1.165) is 58.5 Å². The molecule has 1 N–H and O–H groups in total. The van der Waals surface area contributed by atoms with Gasteiger partial charge in [-0.05, 0) is 62.1 Å². The van der Waals surface area contributed by atoms with Crippen LogP contribution in [0.3, 0.4) is 0 Å². The number of rotatable bonds is 7. The zero-order valence-electron chi connectivity index (χ0n) is 19.2. The topological polar surface area (TPSA) is 79.0 Å². The lowest BCUT2D eigenvalue weighted by atomic mass is 10.1. The van der Waals surface area contributed by atoms with E-state index >= 15 is 0 Å². The van der Waals surface area contributed by atoms with Gasteiger partial charge < -0.3 is 10.1 Å². The molecule has 2 aromatic carbocycles. The summed E-state index contributed by atoms with van der Waals surface area (Å²) in [4.78, 5) is 15.4. The summed E-state index contributed by atoms with van der Waals surface area (Å²) in [5.74, 6) is -0.320. The molecule has 33 heavy (non-hydrogen) atoms. The van der Waals surface area contributed by atoms with E-state index in [-0.39, 0.29) is 16.8 Å². The van der Waals surface area contributed by atoms with Gasteiger partial charge in [-0.2, -0.15) is 4.31 Å². The van der Waals surface area contributed by atoms with Crippen LogP contribution < -0.4 is 5.32 Å². The molecule has 7 nitrogen and oxygen atoms in total. The van der Waals surface area contributed by atoms with Crippen LogP contribution >= 0.6 is 0 Å². The van der Waals surface area contributed by atoms with E-state index in [4.69, 9.17) is 4.74 Å². The summed E-state index contributed by atoms with van der Waals surface area (Å²) in [6, 6.07) is 14.1. The van der Waals surface area contributed by atoms with Gasteiger partial charge in [0.25, 0.3) is 5.91 Å². The van der Waals surface area contributed by atoms with Gasteiger partial charge in [0, 0.05) is 43.5 Å². The molecule has 1 atom stereocenters. The lowest BCUT2D eigenvalue weighted by Crippen LogP contribution is -2.41. The van der Waals surface area contributed by atoms with Crippen molar-refractivity contribution in [3.05, 3.63) is 59.7 Å². The van der Waals surface area contributed by atoms with Gasteiger partial charge in [-0.3, -0.25) is 9.69 Å². The molecule has 0 aromatic heterocycles. The minimum absolute atomic E-state index is 0.0250. The normalized spacial score (nSPS) is 20.5. The maximum absolute atomic E-state index is 13.1. The number of carbonyl (C=O) groups is 1. The Kier molecular flexibility index (Phi) is 7.80. The minimum Gasteiger partial charge on any atom is -0.379 e. The molecule has 0 saturated carbocycles. The molecule has 2 aromatic rings. The van der Waals surface area contributed by atoms with Crippen molar-refractivity contribution in [3.63, 3.8) is 0 Å². The molecule has 2 fully saturated rings. The zero-order valence-corrected chi connectivity index (χ0v) is 20.0. The van der Waals surface area contributed by atoms with Crippen LogP contribution in [0.4, 0.5) is 5.69 Å². The molecule has 0 radical (unpaired) electrons. The van der Waals surface area contributed by atoms with Crippen LogP contribution in [-0.2, 0) is 21.2 Å². The van der Waals surface area contributed by atoms with Crippen LogP contribution in [0.15, 0.2) is 53.4 Å². The summed E-state index contributed by atoms with van der Waals surface area (Å²) in [7, 11) is -3.62. The summed E-state index contributed by atoms with van der Waals surface area (Å²) in [6.07, 6.45) is 3.72. The summed E-state index contributed by atoms with van der Waals surface area (Å²) in [5.41, 5.74) is 2.23. The molecule has 2 aliphatic heterocycles. The van der Waals surface area contributed by atoms with Crippen LogP contribution in [-0.4, -0.2) is 69.0 Å². The first-order chi connectivity index (χ1) is 15.9. The van der Waals surface area contributed by atoms with E-state index in [1.807, 2.05) is 31.2 Å². The Hall–Kier alpha value is -2.26. The third kappa shape index (κ3) is 6.00. The number of anilines is 1. The Balaban J connectivity index is 1.38. The van der Waals surface area contributed by atoms with Crippen molar-refractivity contribution in [2.75, 3.05) is 44.7 Å². The molecular weight excluding hydrogens is 438 g/mol. The average Bonchev–Trinajstić information content (AvgIpc) is 2.84. The van der Waals surface area contributed by atoms with E-state index in [0.29, 0.717) is 17.8 Å². The van der Waals surface area contributed by atoms with Crippen LogP contribution in [0.1, 0.15) is 42.1 Å². The number of nitrogens with one attached hydrogen (secondary N) is 1. The fourth-order valence-corrected chi connectivity index (χ4v) is 6.18. The molecule has 1 amide bonds. The molecule has 8 heteroatoms. The third-order valence-electron chi connectivity index (χ3n) is 6.48. The SMILES string of the molecule is CC1CCCCN1S(=O)(=O)c1cccc(C(=O)Nc2ccc(CCN3CCOCC3)cc2)c1. The Morgan fingerprint density at radius 2 is 1.82 bits per heavy atom. The fourth-order valence-electron chi connectivity index (χ4n) is 4.43. The first-order valence-electron chi connectivity index (χ1n) is 11.8. The molecule has 0 spiro atoms. The van der Waals surface area contributed by atoms with E-state index < -0.39 is 10.0 Å². The van der Waals surface area contributed by atoms with Gasteiger partial charge in [0.1, 0.15) is 0 Å². The van der Waals surface area contributed by atoms with E-state index in [2.05, 4.69) is 10.2 Å². The van der Waals surface area contributed by atoms with Gasteiger partial charge in [0.15, 0.2) is 0 Å². The highest BCUT2D eigenvalue weighted by Crippen LogP contribution is 2.25. The van der Waals surface area contributed by atoms with Crippen molar-refractivity contribution < 1.29 is 17.9 Å². The van der Waals surface area contributed by atoms with Gasteiger partial charge in [0.2, 0.25) is 10.0 Å². The molecule has 2 saturated heterocycles. The molecule has 2 heterocycles. The monoisotopic (exact) mass is 471 g/mol. The smallest absolute Gasteiger partial charge is 0.255 e. The first-order valence-corrected chi connectivity index (χ1v) is 13.2. The number of amides is 1.